The first kappa shape index (κ1) is 11.2. The summed E-state index contributed by atoms with van der Waals surface area (Å²) in [5.74, 6) is 0. The van der Waals surface area contributed by atoms with Crippen molar-refractivity contribution in [1.82, 2.24) is 0 Å². The highest BCUT2D eigenvalue weighted by Crippen LogP contribution is 2.31. The van der Waals surface area contributed by atoms with Crippen molar-refractivity contribution in [3.05, 3.63) is 38.0 Å². The van der Waals surface area contributed by atoms with Crippen molar-refractivity contribution in [3.63, 3.8) is 0 Å². The zero-order valence-electron chi connectivity index (χ0n) is 7.63. The van der Waals surface area contributed by atoms with E-state index in [2.05, 4.69) is 19.7 Å². The van der Waals surface area contributed by atoms with E-state index >= 15 is 0 Å². The van der Waals surface area contributed by atoms with Gasteiger partial charge in [0.25, 0.3) is 0 Å². The average molecular weight is 166 g/mol. The Hall–Kier alpha value is -0.820. The molecule has 0 heterocycles. The van der Waals surface area contributed by atoms with Crippen molar-refractivity contribution in [2.75, 3.05) is 6.61 Å². The van der Waals surface area contributed by atoms with Gasteiger partial charge >= 0.3 is 0 Å². The maximum atomic E-state index is 9.23. The zero-order valence-corrected chi connectivity index (χ0v) is 7.63. The normalized spacial score (nSPS) is 10.8. The van der Waals surface area contributed by atoms with Gasteiger partial charge in [0.05, 0.1) is 0 Å². The molecule has 0 unspecified atom stereocenters. The largest absolute Gasteiger partial charge is 0.396 e. The molecule has 1 heteroatoms. The van der Waals surface area contributed by atoms with Crippen molar-refractivity contribution in [3.8, 4) is 0 Å². The predicted molar refractivity (Wildman–Crippen MR) is 54.0 cm³/mol. The van der Waals surface area contributed by atoms with Crippen LogP contribution in [0.3, 0.4) is 0 Å². The van der Waals surface area contributed by atoms with Gasteiger partial charge in [0.1, 0.15) is 0 Å². The van der Waals surface area contributed by atoms with Gasteiger partial charge in [-0.1, -0.05) is 18.2 Å². The summed E-state index contributed by atoms with van der Waals surface area (Å²) in [6.07, 6.45) is 7.93. The van der Waals surface area contributed by atoms with E-state index in [-0.39, 0.29) is 12.0 Å². The molecule has 0 spiro atoms. The van der Waals surface area contributed by atoms with Gasteiger partial charge in [-0.3, -0.25) is 0 Å². The maximum Gasteiger partial charge on any atom is 0.0496 e. The minimum Gasteiger partial charge on any atom is -0.396 e. The summed E-state index contributed by atoms with van der Waals surface area (Å²) >= 11 is 0. The topological polar surface area (TPSA) is 20.2 Å². The Kier molecular flexibility index (Phi) is 5.39. The molecule has 1 nitrogen and oxygen atoms in total. The molecular weight excluding hydrogens is 148 g/mol. The molecular formula is C11H18O. The number of allylic oxidation sites excluding steroid dienone is 3. The summed E-state index contributed by atoms with van der Waals surface area (Å²) in [6, 6.07) is 0. The Labute approximate surface area is 75.1 Å². The first-order valence-electron chi connectivity index (χ1n) is 4.18. The second-order valence-corrected chi connectivity index (χ2v) is 3.14. The Morgan fingerprint density at radius 2 is 1.25 bits per heavy atom. The summed E-state index contributed by atoms with van der Waals surface area (Å²) in [6.45, 7) is 11.2. The maximum absolute atomic E-state index is 9.23. The molecule has 0 fully saturated rings. The van der Waals surface area contributed by atoms with Gasteiger partial charge in [0.15, 0.2) is 0 Å². The van der Waals surface area contributed by atoms with Gasteiger partial charge in [-0.25, -0.2) is 0 Å². The molecule has 0 rings (SSSR count). The molecule has 0 saturated heterocycles. The molecule has 0 aliphatic heterocycles. The van der Waals surface area contributed by atoms with Crippen LogP contribution in [0.25, 0.3) is 0 Å². The van der Waals surface area contributed by atoms with Gasteiger partial charge < -0.3 is 5.11 Å². The fraction of sp³-hybridized carbons (Fsp3) is 0.455. The second-order valence-electron chi connectivity index (χ2n) is 3.14. The van der Waals surface area contributed by atoms with E-state index < -0.39 is 0 Å². The molecule has 0 saturated carbocycles. The fourth-order valence-electron chi connectivity index (χ4n) is 1.36. The van der Waals surface area contributed by atoms with Gasteiger partial charge in [0, 0.05) is 12.0 Å². The third-order valence-electron chi connectivity index (χ3n) is 2.07. The van der Waals surface area contributed by atoms with Crippen LogP contribution < -0.4 is 0 Å². The first-order chi connectivity index (χ1) is 5.74. The summed E-state index contributed by atoms with van der Waals surface area (Å²) in [5, 5.41) is 9.23. The SMILES string of the molecule is C=CCC(CO)(CC=C)CC=C. The predicted octanol–water partition coefficient (Wildman–Crippen LogP) is 2.69. The molecule has 0 aliphatic carbocycles. The van der Waals surface area contributed by atoms with Crippen LogP contribution in [-0.2, 0) is 0 Å². The number of hydrogen-bond donors (Lipinski definition) is 1. The van der Waals surface area contributed by atoms with Crippen LogP contribution >= 0.6 is 0 Å². The zero-order chi connectivity index (χ0) is 9.45. The average Bonchev–Trinajstić information content (AvgIpc) is 2.06. The summed E-state index contributed by atoms with van der Waals surface area (Å²) in [4.78, 5) is 0. The number of rotatable bonds is 7. The van der Waals surface area contributed by atoms with E-state index in [1.165, 1.54) is 0 Å². The third kappa shape index (κ3) is 3.05. The van der Waals surface area contributed by atoms with Crippen molar-refractivity contribution < 1.29 is 5.11 Å². The molecule has 0 aromatic carbocycles. The first-order valence-corrected chi connectivity index (χ1v) is 4.18. The van der Waals surface area contributed by atoms with Crippen LogP contribution in [0, 0.1) is 5.41 Å². The number of aliphatic hydroxyl groups excluding tert-OH is 1. The summed E-state index contributed by atoms with van der Waals surface area (Å²) < 4.78 is 0. The van der Waals surface area contributed by atoms with E-state index in [1.54, 1.807) is 0 Å². The molecule has 0 aromatic heterocycles. The monoisotopic (exact) mass is 166 g/mol. The lowest BCUT2D eigenvalue weighted by Crippen LogP contribution is -2.23. The van der Waals surface area contributed by atoms with Crippen LogP contribution in [0.15, 0.2) is 38.0 Å². The molecule has 0 aliphatic rings. The minimum atomic E-state index is -0.106. The molecule has 0 aromatic rings. The highest BCUT2D eigenvalue weighted by atomic mass is 16.3. The van der Waals surface area contributed by atoms with E-state index in [1.807, 2.05) is 18.2 Å². The van der Waals surface area contributed by atoms with Crippen LogP contribution in [0.5, 0.6) is 0 Å². The molecule has 0 bridgehead atoms. The van der Waals surface area contributed by atoms with E-state index in [0.29, 0.717) is 0 Å². The Morgan fingerprint density at radius 1 is 0.917 bits per heavy atom. The summed E-state index contributed by atoms with van der Waals surface area (Å²) in [5.41, 5.74) is -0.106. The van der Waals surface area contributed by atoms with Gasteiger partial charge in [-0.15, -0.1) is 19.7 Å². The van der Waals surface area contributed by atoms with Crippen LogP contribution in [0.1, 0.15) is 19.3 Å². The van der Waals surface area contributed by atoms with Crippen molar-refractivity contribution in [2.24, 2.45) is 5.41 Å². The lowest BCUT2D eigenvalue weighted by molar-refractivity contribution is 0.132. The highest BCUT2D eigenvalue weighted by molar-refractivity contribution is 4.95. The number of hydrogen-bond acceptors (Lipinski definition) is 1. The van der Waals surface area contributed by atoms with E-state index in [4.69, 9.17) is 0 Å². The van der Waals surface area contributed by atoms with Crippen molar-refractivity contribution >= 4 is 0 Å². The highest BCUT2D eigenvalue weighted by Gasteiger charge is 2.24. The molecule has 0 radical (unpaired) electrons. The van der Waals surface area contributed by atoms with Crippen molar-refractivity contribution in [2.45, 2.75) is 19.3 Å². The van der Waals surface area contributed by atoms with Crippen LogP contribution in [0.4, 0.5) is 0 Å². The van der Waals surface area contributed by atoms with Crippen LogP contribution in [0.2, 0.25) is 0 Å². The smallest absolute Gasteiger partial charge is 0.0496 e. The Bertz CT molecular complexity index is 132. The lowest BCUT2D eigenvalue weighted by Gasteiger charge is -2.28. The summed E-state index contributed by atoms with van der Waals surface area (Å²) in [7, 11) is 0. The van der Waals surface area contributed by atoms with E-state index in [0.717, 1.165) is 19.3 Å². The molecule has 0 amide bonds. The fourth-order valence-corrected chi connectivity index (χ4v) is 1.36. The van der Waals surface area contributed by atoms with Crippen LogP contribution in [-0.4, -0.2) is 11.7 Å². The Morgan fingerprint density at radius 3 is 1.42 bits per heavy atom. The second kappa shape index (κ2) is 5.78. The molecule has 0 atom stereocenters. The standard InChI is InChI=1S/C11H18O/c1-4-7-11(10-12,8-5-2)9-6-3/h4-6,12H,1-3,7-10H2. The lowest BCUT2D eigenvalue weighted by atomic mass is 9.79. The van der Waals surface area contributed by atoms with Gasteiger partial charge in [-0.05, 0) is 19.3 Å². The van der Waals surface area contributed by atoms with Gasteiger partial charge in [0.2, 0.25) is 0 Å². The Balaban J connectivity index is 4.35. The molecule has 12 heavy (non-hydrogen) atoms. The minimum absolute atomic E-state index is 0.106. The van der Waals surface area contributed by atoms with Crippen molar-refractivity contribution in [1.29, 1.82) is 0 Å². The number of aliphatic hydroxyl groups is 1. The van der Waals surface area contributed by atoms with Gasteiger partial charge in [-0.2, -0.15) is 0 Å². The molecule has 1 N–H and O–H groups in total. The quantitative estimate of drug-likeness (QED) is 0.576. The van der Waals surface area contributed by atoms with E-state index in [9.17, 15) is 5.11 Å². The third-order valence-corrected chi connectivity index (χ3v) is 2.07. The molecule has 68 valence electrons.